The van der Waals surface area contributed by atoms with E-state index in [9.17, 15) is 39.5 Å². The Kier molecular flexibility index (Phi) is 6.83. The first-order chi connectivity index (χ1) is 9.21. The van der Waals surface area contributed by atoms with Crippen LogP contribution in [-0.2, 0) is 0 Å². The Labute approximate surface area is 115 Å². The molecule has 21 heavy (non-hydrogen) atoms. The fourth-order valence-corrected chi connectivity index (χ4v) is 1.60. The Balaban J connectivity index is 4.02. The van der Waals surface area contributed by atoms with Crippen molar-refractivity contribution in [2.45, 2.75) is 69.0 Å². The van der Waals surface area contributed by atoms with E-state index in [1.807, 2.05) is 0 Å². The zero-order chi connectivity index (χ0) is 16.9. The van der Waals surface area contributed by atoms with Crippen molar-refractivity contribution >= 4 is 0 Å². The van der Waals surface area contributed by atoms with Crippen LogP contribution in [0, 0.1) is 0 Å². The number of unbranched alkanes of at least 4 members (excludes halogenated alkanes) is 4. The molecule has 0 rings (SSSR count). The average Bonchev–Trinajstić information content (AvgIpc) is 2.24. The summed E-state index contributed by atoms with van der Waals surface area (Å²) in [5.74, 6) is -10.6. The maximum atomic E-state index is 13.0. The minimum atomic E-state index is -5.67. The summed E-state index contributed by atoms with van der Waals surface area (Å²) in [5, 5.41) is 0. The van der Waals surface area contributed by atoms with E-state index in [0.717, 1.165) is 0 Å². The van der Waals surface area contributed by atoms with Crippen molar-refractivity contribution in [3.8, 4) is 0 Å². The molecule has 0 radical (unpaired) electrons. The van der Waals surface area contributed by atoms with Gasteiger partial charge >= 0.3 is 24.1 Å². The largest absolute Gasteiger partial charge is 0.389 e. The molecule has 0 aromatic heterocycles. The third kappa shape index (κ3) is 6.75. The van der Waals surface area contributed by atoms with Crippen molar-refractivity contribution in [3.63, 3.8) is 0 Å². The van der Waals surface area contributed by atoms with E-state index in [0.29, 0.717) is 0 Å². The molecule has 0 saturated heterocycles. The zero-order valence-electron chi connectivity index (χ0n) is 10.9. The second-order valence-electron chi connectivity index (χ2n) is 4.78. The lowest BCUT2D eigenvalue weighted by atomic mass is 10.0. The lowest BCUT2D eigenvalue weighted by Crippen LogP contribution is -2.58. The maximum Gasteiger partial charge on any atom is 0.389 e. The highest BCUT2D eigenvalue weighted by atomic mass is 19.4. The third-order valence-electron chi connectivity index (χ3n) is 2.83. The molecule has 2 N–H and O–H groups in total. The molecule has 0 spiro atoms. The van der Waals surface area contributed by atoms with Crippen LogP contribution in [0.25, 0.3) is 0 Å². The Morgan fingerprint density at radius 2 is 0.952 bits per heavy atom. The van der Waals surface area contributed by atoms with Crippen LogP contribution in [-0.4, -0.2) is 24.1 Å². The first kappa shape index (κ1) is 20.3. The van der Waals surface area contributed by atoms with Gasteiger partial charge in [-0.05, 0) is 12.8 Å². The second-order valence-corrected chi connectivity index (χ2v) is 4.78. The van der Waals surface area contributed by atoms with Gasteiger partial charge in [0.05, 0.1) is 0 Å². The quantitative estimate of drug-likeness (QED) is 0.354. The van der Waals surface area contributed by atoms with Crippen molar-refractivity contribution < 1.29 is 39.5 Å². The predicted molar refractivity (Wildman–Crippen MR) is 57.4 cm³/mol. The molecule has 0 aliphatic carbocycles. The summed E-state index contributed by atoms with van der Waals surface area (Å²) in [5.41, 5.74) is 3.74. The summed E-state index contributed by atoms with van der Waals surface area (Å²) in [6, 6.07) is -5.34. The molecule has 0 amide bonds. The van der Waals surface area contributed by atoms with E-state index in [2.05, 4.69) is 5.73 Å². The predicted octanol–water partition coefficient (Wildman–Crippen LogP) is 5.10. The molecule has 0 fully saturated rings. The molecule has 128 valence electrons. The standard InChI is InChI=1S/C11H16F9N/c12-8(13,10(17,18)11(19,20)21)6-4-2-1-3-5-7-9(14,15)16/h1-7,21H2. The highest BCUT2D eigenvalue weighted by Gasteiger charge is 2.69. The number of rotatable bonds is 9. The van der Waals surface area contributed by atoms with Gasteiger partial charge in [0, 0.05) is 12.8 Å². The molecule has 10 heteroatoms. The fourth-order valence-electron chi connectivity index (χ4n) is 1.60. The van der Waals surface area contributed by atoms with Gasteiger partial charge in [0.25, 0.3) is 0 Å². The van der Waals surface area contributed by atoms with Crippen molar-refractivity contribution in [1.82, 2.24) is 0 Å². The number of hydrogen-bond acceptors (Lipinski definition) is 1. The monoisotopic (exact) mass is 333 g/mol. The van der Waals surface area contributed by atoms with Gasteiger partial charge in [0.2, 0.25) is 0 Å². The van der Waals surface area contributed by atoms with Crippen LogP contribution in [0.5, 0.6) is 0 Å². The van der Waals surface area contributed by atoms with Gasteiger partial charge in [-0.3, -0.25) is 5.73 Å². The summed E-state index contributed by atoms with van der Waals surface area (Å²) in [6.45, 7) is 0. The molecule has 0 heterocycles. The summed E-state index contributed by atoms with van der Waals surface area (Å²) >= 11 is 0. The molecular weight excluding hydrogens is 317 g/mol. The van der Waals surface area contributed by atoms with E-state index >= 15 is 0 Å². The Morgan fingerprint density at radius 3 is 1.33 bits per heavy atom. The van der Waals surface area contributed by atoms with Gasteiger partial charge in [-0.25, -0.2) is 0 Å². The minimum absolute atomic E-state index is 0.0559. The van der Waals surface area contributed by atoms with Crippen molar-refractivity contribution in [1.29, 1.82) is 0 Å². The van der Waals surface area contributed by atoms with E-state index in [1.54, 1.807) is 0 Å². The molecule has 0 aliphatic heterocycles. The van der Waals surface area contributed by atoms with E-state index in [-0.39, 0.29) is 25.7 Å². The maximum absolute atomic E-state index is 13.0. The highest BCUT2D eigenvalue weighted by molar-refractivity contribution is 4.92. The van der Waals surface area contributed by atoms with Crippen LogP contribution in [0.15, 0.2) is 0 Å². The number of nitrogens with two attached hydrogens (primary N) is 1. The topological polar surface area (TPSA) is 26.0 Å². The van der Waals surface area contributed by atoms with E-state index < -0.39 is 43.3 Å². The van der Waals surface area contributed by atoms with Gasteiger partial charge in [0.15, 0.2) is 0 Å². The van der Waals surface area contributed by atoms with Crippen molar-refractivity contribution in [2.75, 3.05) is 0 Å². The van der Waals surface area contributed by atoms with E-state index in [1.165, 1.54) is 0 Å². The van der Waals surface area contributed by atoms with Crippen LogP contribution in [0.3, 0.4) is 0 Å². The molecule has 0 aromatic carbocycles. The SMILES string of the molecule is NC(F)(F)C(F)(F)C(F)(F)CCCCCCCC(F)(F)F. The smallest absolute Gasteiger partial charge is 0.267 e. The summed E-state index contributed by atoms with van der Waals surface area (Å²) in [6.07, 6.45) is -7.37. The zero-order valence-corrected chi connectivity index (χ0v) is 10.9. The average molecular weight is 333 g/mol. The normalized spacial score (nSPS) is 14.6. The van der Waals surface area contributed by atoms with E-state index in [4.69, 9.17) is 0 Å². The molecular formula is C11H16F9N. The molecule has 0 aromatic rings. The summed E-state index contributed by atoms with van der Waals surface area (Å²) < 4.78 is 111. The third-order valence-corrected chi connectivity index (χ3v) is 2.83. The van der Waals surface area contributed by atoms with Gasteiger partial charge in [-0.1, -0.05) is 19.3 Å². The second kappa shape index (κ2) is 7.06. The van der Waals surface area contributed by atoms with Gasteiger partial charge in [-0.15, -0.1) is 0 Å². The fraction of sp³-hybridized carbons (Fsp3) is 1.00. The lowest BCUT2D eigenvalue weighted by Gasteiger charge is -2.30. The molecule has 1 nitrogen and oxygen atoms in total. The number of hydrogen-bond donors (Lipinski definition) is 1. The van der Waals surface area contributed by atoms with Crippen LogP contribution < -0.4 is 5.73 Å². The van der Waals surface area contributed by atoms with Gasteiger partial charge in [-0.2, -0.15) is 39.5 Å². The first-order valence-corrected chi connectivity index (χ1v) is 6.20. The first-order valence-electron chi connectivity index (χ1n) is 6.20. The molecule has 0 saturated carbocycles. The number of halogens is 9. The van der Waals surface area contributed by atoms with Crippen LogP contribution in [0.2, 0.25) is 0 Å². The van der Waals surface area contributed by atoms with Crippen LogP contribution in [0.4, 0.5) is 39.5 Å². The van der Waals surface area contributed by atoms with Crippen molar-refractivity contribution in [3.05, 3.63) is 0 Å². The van der Waals surface area contributed by atoms with Gasteiger partial charge in [0.1, 0.15) is 0 Å². The highest BCUT2D eigenvalue weighted by Crippen LogP contribution is 2.45. The number of alkyl halides is 9. The molecule has 0 aliphatic rings. The Morgan fingerprint density at radius 1 is 0.571 bits per heavy atom. The lowest BCUT2D eigenvalue weighted by molar-refractivity contribution is -0.308. The van der Waals surface area contributed by atoms with Crippen molar-refractivity contribution in [2.24, 2.45) is 5.73 Å². The Hall–Kier alpha value is -0.670. The summed E-state index contributed by atoms with van der Waals surface area (Å²) in [4.78, 5) is 0. The Bertz CT molecular complexity index is 306. The minimum Gasteiger partial charge on any atom is -0.267 e. The van der Waals surface area contributed by atoms with Gasteiger partial charge < -0.3 is 0 Å². The molecule has 0 unspecified atom stereocenters. The van der Waals surface area contributed by atoms with Crippen LogP contribution in [0.1, 0.15) is 44.9 Å². The van der Waals surface area contributed by atoms with Crippen LogP contribution >= 0.6 is 0 Å². The molecule has 0 bridgehead atoms. The summed E-state index contributed by atoms with van der Waals surface area (Å²) in [7, 11) is 0. The molecule has 0 atom stereocenters.